The molecule has 37 heavy (non-hydrogen) atoms. The van der Waals surface area contributed by atoms with Crippen molar-refractivity contribution in [2.75, 3.05) is 25.5 Å². The lowest BCUT2D eigenvalue weighted by Crippen LogP contribution is -2.22. The van der Waals surface area contributed by atoms with Crippen molar-refractivity contribution in [1.82, 2.24) is 14.9 Å². The number of benzene rings is 3. The monoisotopic (exact) mass is 576 g/mol. The van der Waals surface area contributed by atoms with Crippen LogP contribution in [0.1, 0.15) is 47.9 Å². The third-order valence-corrected chi connectivity index (χ3v) is 7.57. The Morgan fingerprint density at radius 3 is 2.49 bits per heavy atom. The molecule has 0 aliphatic heterocycles. The summed E-state index contributed by atoms with van der Waals surface area (Å²) in [7, 11) is 2.21. The Balaban J connectivity index is 0.00000320. The molecule has 0 spiro atoms. The Morgan fingerprint density at radius 2 is 1.73 bits per heavy atom. The first-order valence-electron chi connectivity index (χ1n) is 12.9. The summed E-state index contributed by atoms with van der Waals surface area (Å²) in [6.07, 6.45) is 6.46. The summed E-state index contributed by atoms with van der Waals surface area (Å²) in [5.74, 6) is 0.940. The Bertz CT molecular complexity index is 1310. The van der Waals surface area contributed by atoms with Gasteiger partial charge in [-0.1, -0.05) is 77.8 Å². The summed E-state index contributed by atoms with van der Waals surface area (Å²) >= 11 is 3.56. The largest absolute Gasteiger partial charge is 0.324 e. The zero-order valence-electron chi connectivity index (χ0n) is 21.5. The Hall–Kier alpha value is -2.73. The first-order valence-corrected chi connectivity index (χ1v) is 13.6. The average Bonchev–Trinajstić information content (AvgIpc) is 2.91. The fourth-order valence-electron chi connectivity index (χ4n) is 4.93. The minimum absolute atomic E-state index is 0. The highest BCUT2D eigenvalue weighted by Gasteiger charge is 2.27. The van der Waals surface area contributed by atoms with Crippen LogP contribution < -0.4 is 5.32 Å². The maximum atomic E-state index is 4.97. The van der Waals surface area contributed by atoms with Crippen LogP contribution in [0.15, 0.2) is 83.5 Å². The Kier molecular flexibility index (Phi) is 9.36. The van der Waals surface area contributed by atoms with Gasteiger partial charge in [0.25, 0.3) is 0 Å². The van der Waals surface area contributed by atoms with Crippen LogP contribution in [0, 0.1) is 0 Å². The number of hydrogen-bond acceptors (Lipinski definition) is 4. The van der Waals surface area contributed by atoms with Gasteiger partial charge in [-0.15, -0.1) is 12.4 Å². The molecule has 4 nitrogen and oxygen atoms in total. The van der Waals surface area contributed by atoms with Gasteiger partial charge in [0.15, 0.2) is 0 Å². The zero-order chi connectivity index (χ0) is 24.9. The topological polar surface area (TPSA) is 41.0 Å². The van der Waals surface area contributed by atoms with Crippen molar-refractivity contribution in [3.05, 3.63) is 106 Å². The Labute approximate surface area is 235 Å². The van der Waals surface area contributed by atoms with E-state index >= 15 is 0 Å². The number of aromatic nitrogens is 2. The van der Waals surface area contributed by atoms with Crippen LogP contribution in [0.3, 0.4) is 0 Å². The highest BCUT2D eigenvalue weighted by Crippen LogP contribution is 2.42. The number of hydrogen-bond donors (Lipinski definition) is 1. The second kappa shape index (κ2) is 12.7. The lowest BCUT2D eigenvalue weighted by molar-refractivity contribution is 0.332. The summed E-state index contributed by atoms with van der Waals surface area (Å²) in [5.41, 5.74) is 8.41. The predicted octanol–water partition coefficient (Wildman–Crippen LogP) is 8.03. The normalized spacial score (nSPS) is 14.0. The zero-order valence-corrected chi connectivity index (χ0v) is 23.9. The molecule has 192 valence electrons. The molecule has 1 atom stereocenters. The van der Waals surface area contributed by atoms with E-state index in [1.807, 2.05) is 6.20 Å². The van der Waals surface area contributed by atoms with E-state index < -0.39 is 0 Å². The number of nitrogens with one attached hydrogen (secondary N) is 1. The van der Waals surface area contributed by atoms with Gasteiger partial charge in [-0.3, -0.25) is 0 Å². The van der Waals surface area contributed by atoms with Crippen molar-refractivity contribution >= 4 is 40.0 Å². The number of nitrogens with zero attached hydrogens (tertiary/aromatic N) is 3. The van der Waals surface area contributed by atoms with Crippen molar-refractivity contribution in [2.45, 2.75) is 38.5 Å². The molecule has 0 saturated carbocycles. The van der Waals surface area contributed by atoms with Gasteiger partial charge in [0.2, 0.25) is 5.95 Å². The van der Waals surface area contributed by atoms with Crippen LogP contribution in [-0.2, 0) is 12.8 Å². The number of anilines is 2. The minimum atomic E-state index is 0. The van der Waals surface area contributed by atoms with Crippen LogP contribution in [0.25, 0.3) is 11.3 Å². The highest BCUT2D eigenvalue weighted by atomic mass is 79.9. The smallest absolute Gasteiger partial charge is 0.227 e. The molecule has 4 aromatic rings. The van der Waals surface area contributed by atoms with Gasteiger partial charge in [0.05, 0.1) is 5.69 Å². The van der Waals surface area contributed by atoms with E-state index in [0.717, 1.165) is 35.2 Å². The van der Waals surface area contributed by atoms with E-state index in [1.54, 1.807) is 0 Å². The maximum absolute atomic E-state index is 4.97. The molecule has 1 N–H and O–H groups in total. The average molecular weight is 578 g/mol. The molecule has 0 saturated heterocycles. The van der Waals surface area contributed by atoms with Crippen molar-refractivity contribution in [2.24, 2.45) is 0 Å². The minimum Gasteiger partial charge on any atom is -0.324 e. The number of halogens is 2. The molecular formula is C31H34BrClN4. The molecule has 1 aliphatic rings. The molecule has 5 rings (SSSR count). The van der Waals surface area contributed by atoms with E-state index in [9.17, 15) is 0 Å². The summed E-state index contributed by atoms with van der Waals surface area (Å²) in [5, 5.41) is 3.42. The maximum Gasteiger partial charge on any atom is 0.227 e. The summed E-state index contributed by atoms with van der Waals surface area (Å²) in [6, 6.07) is 25.9. The number of fused-ring (bicyclic) bond motifs is 3. The fourth-order valence-corrected chi connectivity index (χ4v) is 5.20. The van der Waals surface area contributed by atoms with Crippen molar-refractivity contribution in [3.8, 4) is 11.3 Å². The number of rotatable bonds is 9. The van der Waals surface area contributed by atoms with E-state index in [-0.39, 0.29) is 12.4 Å². The lowest BCUT2D eigenvalue weighted by Gasteiger charge is -2.27. The fraction of sp³-hybridized carbons (Fsp3) is 0.290. The highest BCUT2D eigenvalue weighted by molar-refractivity contribution is 9.10. The predicted molar refractivity (Wildman–Crippen MR) is 160 cm³/mol. The first-order chi connectivity index (χ1) is 17.6. The molecule has 3 aromatic carbocycles. The van der Waals surface area contributed by atoms with Gasteiger partial charge in [-0.2, -0.15) is 0 Å². The first kappa shape index (κ1) is 27.3. The third kappa shape index (κ3) is 6.59. The quantitative estimate of drug-likeness (QED) is 0.219. The van der Waals surface area contributed by atoms with Crippen molar-refractivity contribution < 1.29 is 0 Å². The van der Waals surface area contributed by atoms with Crippen LogP contribution in [0.2, 0.25) is 0 Å². The standard InChI is InChI=1S/C31H33BrN4.ClH/c1-3-4-18-36(2)19-17-22-9-15-26(16-10-22)34-31-33-21-24-20-29(23-11-13-25(32)14-12-23)27-7-5-6-8-28(27)30(24)35-31;/h5-16,21,29H,3-4,17-20H2,1-2H3,(H,33,34,35);1H/t29-;/m1./s1. The van der Waals surface area contributed by atoms with Crippen molar-refractivity contribution in [1.29, 1.82) is 0 Å². The van der Waals surface area contributed by atoms with Gasteiger partial charge in [0.1, 0.15) is 0 Å². The number of likely N-dealkylation sites (N-methyl/N-ethyl adjacent to an activating group) is 1. The van der Waals surface area contributed by atoms with Crippen LogP contribution in [0.4, 0.5) is 11.6 Å². The molecule has 1 aliphatic carbocycles. The van der Waals surface area contributed by atoms with E-state index in [0.29, 0.717) is 11.9 Å². The van der Waals surface area contributed by atoms with Crippen LogP contribution in [0.5, 0.6) is 0 Å². The molecular weight excluding hydrogens is 544 g/mol. The Morgan fingerprint density at radius 1 is 0.973 bits per heavy atom. The van der Waals surface area contributed by atoms with E-state index in [4.69, 9.17) is 4.98 Å². The second-order valence-electron chi connectivity index (χ2n) is 9.69. The second-order valence-corrected chi connectivity index (χ2v) is 10.6. The van der Waals surface area contributed by atoms with E-state index in [1.165, 1.54) is 47.2 Å². The van der Waals surface area contributed by atoms with Crippen LogP contribution in [-0.4, -0.2) is 35.0 Å². The summed E-state index contributed by atoms with van der Waals surface area (Å²) in [6.45, 7) is 4.49. The molecule has 0 bridgehead atoms. The van der Waals surface area contributed by atoms with Gasteiger partial charge in [-0.05, 0) is 79.4 Å². The lowest BCUT2D eigenvalue weighted by atomic mass is 9.78. The molecule has 1 heterocycles. The van der Waals surface area contributed by atoms with Gasteiger partial charge >= 0.3 is 0 Å². The SMILES string of the molecule is CCCCN(C)CCc1ccc(Nc2ncc3c(n2)-c2ccccc2[C@@H](c2ccc(Br)cc2)C3)cc1.Cl. The van der Waals surface area contributed by atoms with Crippen molar-refractivity contribution in [3.63, 3.8) is 0 Å². The molecule has 0 radical (unpaired) electrons. The summed E-state index contributed by atoms with van der Waals surface area (Å²) in [4.78, 5) is 12.1. The molecule has 1 aromatic heterocycles. The number of unbranched alkanes of at least 4 members (excludes halogenated alkanes) is 1. The molecule has 6 heteroatoms. The van der Waals surface area contributed by atoms with Gasteiger partial charge in [-0.25, -0.2) is 9.97 Å². The third-order valence-electron chi connectivity index (χ3n) is 7.04. The summed E-state index contributed by atoms with van der Waals surface area (Å²) < 4.78 is 1.10. The van der Waals surface area contributed by atoms with Gasteiger partial charge < -0.3 is 10.2 Å². The van der Waals surface area contributed by atoms with Gasteiger partial charge in [0, 0.05) is 34.4 Å². The van der Waals surface area contributed by atoms with E-state index in [2.05, 4.69) is 118 Å². The molecule has 0 unspecified atom stereocenters. The molecule has 0 fully saturated rings. The van der Waals surface area contributed by atoms with Crippen LogP contribution >= 0.6 is 28.3 Å². The molecule has 0 amide bonds.